The highest BCUT2D eigenvalue weighted by atomic mass is 35.5. The molecule has 0 saturated heterocycles. The Labute approximate surface area is 132 Å². The Hall–Kier alpha value is -1.72. The van der Waals surface area contributed by atoms with Crippen LogP contribution in [0.2, 0.25) is 0 Å². The van der Waals surface area contributed by atoms with E-state index in [4.69, 9.17) is 4.74 Å². The minimum absolute atomic E-state index is 0.286. The molecule has 0 aliphatic carbocycles. The van der Waals surface area contributed by atoms with Gasteiger partial charge in [-0.3, -0.25) is 9.59 Å². The number of esters is 1. The third-order valence-corrected chi connectivity index (χ3v) is 3.38. The number of carbonyl (C=O) groups excluding carboxylic acids is 2. The molecule has 0 N–H and O–H groups in total. The van der Waals surface area contributed by atoms with Gasteiger partial charge in [0.15, 0.2) is 6.10 Å². The molecule has 1 atom stereocenters. The van der Waals surface area contributed by atoms with Crippen molar-refractivity contribution in [2.24, 2.45) is 0 Å². The first-order chi connectivity index (χ1) is 9.91. The molecule has 0 amide bonds. The van der Waals surface area contributed by atoms with Crippen molar-refractivity contribution in [3.05, 3.63) is 52.0 Å². The summed E-state index contributed by atoms with van der Waals surface area (Å²) in [6.45, 7) is 4.64. The second kappa shape index (κ2) is 8.54. The molecule has 0 fully saturated rings. The Bertz CT molecular complexity index is 594. The number of aromatic nitrogens is 1. The normalized spacial score (nSPS) is 11.0. The van der Waals surface area contributed by atoms with Gasteiger partial charge >= 0.3 is 5.97 Å². The van der Waals surface area contributed by atoms with Crippen LogP contribution >= 0.6 is 22.9 Å². The molecular formula is C15H16ClNO3S. The lowest BCUT2D eigenvalue weighted by molar-refractivity contribution is -0.144. The third kappa shape index (κ3) is 6.06. The number of rotatable bonds is 3. The first-order valence-electron chi connectivity index (χ1n) is 6.20. The average molecular weight is 326 g/mol. The summed E-state index contributed by atoms with van der Waals surface area (Å²) >= 11 is 6.14. The summed E-state index contributed by atoms with van der Waals surface area (Å²) in [7, 11) is 0. The number of thiazole rings is 1. The number of halogens is 1. The Balaban J connectivity index is 0.000000491. The first kappa shape index (κ1) is 17.3. The monoisotopic (exact) mass is 325 g/mol. The maximum Gasteiger partial charge on any atom is 0.303 e. The van der Waals surface area contributed by atoms with Crippen LogP contribution in [0, 0.1) is 6.92 Å². The zero-order valence-corrected chi connectivity index (χ0v) is 13.6. The van der Waals surface area contributed by atoms with Gasteiger partial charge < -0.3 is 4.74 Å². The van der Waals surface area contributed by atoms with Crippen LogP contribution < -0.4 is 0 Å². The second-order valence-electron chi connectivity index (χ2n) is 4.17. The summed E-state index contributed by atoms with van der Waals surface area (Å²) in [4.78, 5) is 25.6. The average Bonchev–Trinajstić information content (AvgIpc) is 2.82. The summed E-state index contributed by atoms with van der Waals surface area (Å²) in [6, 6.07) is 9.71. The lowest BCUT2D eigenvalue weighted by atomic mass is 10.1. The number of hydrogen-bond acceptors (Lipinski definition) is 5. The van der Waals surface area contributed by atoms with Gasteiger partial charge in [-0.2, -0.15) is 0 Å². The van der Waals surface area contributed by atoms with Crippen molar-refractivity contribution in [3.8, 4) is 0 Å². The number of ether oxygens (including phenoxy) is 1. The molecule has 0 aliphatic heterocycles. The molecule has 1 heterocycles. The van der Waals surface area contributed by atoms with Crippen LogP contribution in [0.1, 0.15) is 36.1 Å². The molecule has 1 unspecified atom stereocenters. The highest BCUT2D eigenvalue weighted by Gasteiger charge is 2.20. The summed E-state index contributed by atoms with van der Waals surface area (Å²) in [6.07, 6.45) is -0.346. The van der Waals surface area contributed by atoms with E-state index in [2.05, 4.69) is 16.6 Å². The summed E-state index contributed by atoms with van der Waals surface area (Å²) in [5.41, 5.74) is 3.64. The van der Waals surface area contributed by atoms with Crippen molar-refractivity contribution < 1.29 is 14.3 Å². The molecule has 4 nitrogen and oxygen atoms in total. The van der Waals surface area contributed by atoms with Crippen LogP contribution in [-0.4, -0.2) is 16.2 Å². The topological polar surface area (TPSA) is 56.3 Å². The van der Waals surface area contributed by atoms with Crippen molar-refractivity contribution >= 4 is 34.1 Å². The summed E-state index contributed by atoms with van der Waals surface area (Å²) in [5.74, 6) is -0.286. The van der Waals surface area contributed by atoms with Crippen LogP contribution in [0.3, 0.4) is 0 Å². The highest BCUT2D eigenvalue weighted by Crippen LogP contribution is 2.31. The van der Waals surface area contributed by atoms with Crippen molar-refractivity contribution in [3.63, 3.8) is 0 Å². The SMILES string of the molecule is CC(=O)Cl.CC(=O)OC(c1ccccc1)c1scnc1C. The van der Waals surface area contributed by atoms with Crippen LogP contribution in [0.15, 0.2) is 35.8 Å². The molecule has 6 heteroatoms. The van der Waals surface area contributed by atoms with E-state index in [1.54, 1.807) is 5.51 Å². The molecule has 21 heavy (non-hydrogen) atoms. The van der Waals surface area contributed by atoms with Crippen LogP contribution in [0.4, 0.5) is 0 Å². The molecule has 2 rings (SSSR count). The number of aryl methyl sites for hydroxylation is 1. The molecule has 2 aromatic rings. The predicted octanol–water partition coefficient (Wildman–Crippen LogP) is 3.88. The lowest BCUT2D eigenvalue weighted by Gasteiger charge is -2.16. The molecular weight excluding hydrogens is 310 g/mol. The molecule has 0 saturated carbocycles. The number of nitrogens with zero attached hydrogens (tertiary/aromatic N) is 1. The van der Waals surface area contributed by atoms with Gasteiger partial charge in [-0.15, -0.1) is 11.3 Å². The van der Waals surface area contributed by atoms with E-state index >= 15 is 0 Å². The van der Waals surface area contributed by atoms with Gasteiger partial charge in [0.25, 0.3) is 0 Å². The van der Waals surface area contributed by atoms with Crippen molar-refractivity contribution in [1.29, 1.82) is 0 Å². The second-order valence-corrected chi connectivity index (χ2v) is 5.59. The molecule has 0 spiro atoms. The van der Waals surface area contributed by atoms with Gasteiger partial charge in [-0.25, -0.2) is 4.98 Å². The zero-order valence-electron chi connectivity index (χ0n) is 12.0. The van der Waals surface area contributed by atoms with Crippen molar-refractivity contribution in [1.82, 2.24) is 4.98 Å². The fraction of sp³-hybridized carbons (Fsp3) is 0.267. The zero-order chi connectivity index (χ0) is 15.8. The Morgan fingerprint density at radius 2 is 1.81 bits per heavy atom. The van der Waals surface area contributed by atoms with E-state index in [1.165, 1.54) is 25.2 Å². The fourth-order valence-electron chi connectivity index (χ4n) is 1.63. The van der Waals surface area contributed by atoms with E-state index in [0.717, 1.165) is 16.1 Å². The largest absolute Gasteiger partial charge is 0.452 e. The quantitative estimate of drug-likeness (QED) is 0.635. The van der Waals surface area contributed by atoms with Gasteiger partial charge in [-0.1, -0.05) is 30.3 Å². The van der Waals surface area contributed by atoms with Crippen LogP contribution in [0.5, 0.6) is 0 Å². The number of hydrogen-bond donors (Lipinski definition) is 0. The molecule has 0 bridgehead atoms. The Morgan fingerprint density at radius 1 is 1.24 bits per heavy atom. The Kier molecular flexibility index (Phi) is 7.05. The standard InChI is InChI=1S/C13H13NO2S.C2H3ClO/c1-9-13(17-8-14-9)12(16-10(2)15)11-6-4-3-5-7-11;1-2(3)4/h3-8,12H,1-2H3;1H3. The predicted molar refractivity (Wildman–Crippen MR) is 83.4 cm³/mol. The summed E-state index contributed by atoms with van der Waals surface area (Å²) in [5, 5.41) is -0.361. The van der Waals surface area contributed by atoms with Crippen molar-refractivity contribution in [2.75, 3.05) is 0 Å². The Morgan fingerprint density at radius 3 is 2.24 bits per heavy atom. The number of benzene rings is 1. The van der Waals surface area contributed by atoms with Gasteiger partial charge in [0, 0.05) is 13.8 Å². The lowest BCUT2D eigenvalue weighted by Crippen LogP contribution is -2.09. The minimum atomic E-state index is -0.361. The van der Waals surface area contributed by atoms with E-state index < -0.39 is 0 Å². The molecule has 0 aliphatic rings. The molecule has 0 radical (unpaired) electrons. The van der Waals surface area contributed by atoms with Gasteiger partial charge in [0.1, 0.15) is 0 Å². The van der Waals surface area contributed by atoms with E-state index in [0.29, 0.717) is 0 Å². The van der Waals surface area contributed by atoms with Gasteiger partial charge in [0.05, 0.1) is 16.1 Å². The maximum absolute atomic E-state index is 11.2. The van der Waals surface area contributed by atoms with Crippen molar-refractivity contribution in [2.45, 2.75) is 26.9 Å². The number of carbonyl (C=O) groups is 2. The van der Waals surface area contributed by atoms with E-state index in [1.807, 2.05) is 37.3 Å². The fourth-order valence-corrected chi connectivity index (χ4v) is 2.48. The highest BCUT2D eigenvalue weighted by molar-refractivity contribution is 7.09. The van der Waals surface area contributed by atoms with E-state index in [-0.39, 0.29) is 17.3 Å². The van der Waals surface area contributed by atoms with Crippen LogP contribution in [0.25, 0.3) is 0 Å². The third-order valence-electron chi connectivity index (χ3n) is 2.41. The van der Waals surface area contributed by atoms with Gasteiger partial charge in [0.2, 0.25) is 5.24 Å². The summed E-state index contributed by atoms with van der Waals surface area (Å²) < 4.78 is 5.39. The van der Waals surface area contributed by atoms with Crippen LogP contribution in [-0.2, 0) is 14.3 Å². The molecule has 1 aromatic heterocycles. The molecule has 1 aromatic carbocycles. The first-order valence-corrected chi connectivity index (χ1v) is 7.45. The maximum atomic E-state index is 11.2. The van der Waals surface area contributed by atoms with Gasteiger partial charge in [-0.05, 0) is 24.1 Å². The van der Waals surface area contributed by atoms with E-state index in [9.17, 15) is 9.59 Å². The molecule has 112 valence electrons. The minimum Gasteiger partial charge on any atom is -0.452 e. The smallest absolute Gasteiger partial charge is 0.303 e.